The number of anilines is 1. The Morgan fingerprint density at radius 1 is 1.71 bits per heavy atom. The van der Waals surface area contributed by atoms with Gasteiger partial charge in [-0.05, 0) is 35.6 Å². The molecule has 0 fully saturated rings. The molecule has 0 unspecified atom stereocenters. The van der Waals surface area contributed by atoms with Gasteiger partial charge in [-0.3, -0.25) is 9.69 Å². The first-order valence-corrected chi connectivity index (χ1v) is 5.24. The lowest BCUT2D eigenvalue weighted by Crippen LogP contribution is -2.29. The summed E-state index contributed by atoms with van der Waals surface area (Å²) < 4.78 is 14.0. The quantitative estimate of drug-likeness (QED) is 0.785. The zero-order valence-corrected chi connectivity index (χ0v) is 10.1. The molecule has 1 aromatic heterocycles. The van der Waals surface area contributed by atoms with E-state index >= 15 is 0 Å². The monoisotopic (exact) mass is 308 g/mol. The molecule has 0 aromatic carbocycles. The summed E-state index contributed by atoms with van der Waals surface area (Å²) in [5, 5.41) is 0. The first-order valence-electron chi connectivity index (χ1n) is 4.16. The smallest absolute Gasteiger partial charge is 0.225 e. The lowest BCUT2D eigenvalue weighted by Gasteiger charge is -2.18. The van der Waals surface area contributed by atoms with Crippen LogP contribution in [0.4, 0.5) is 10.2 Å². The van der Waals surface area contributed by atoms with Crippen LogP contribution in [0.25, 0.3) is 0 Å². The Labute approximate surface area is 95.5 Å². The van der Waals surface area contributed by atoms with Gasteiger partial charge < -0.3 is 0 Å². The van der Waals surface area contributed by atoms with E-state index in [0.29, 0.717) is 10.1 Å². The molecule has 0 aliphatic heterocycles. The van der Waals surface area contributed by atoms with E-state index in [2.05, 4.69) is 4.98 Å². The summed E-state index contributed by atoms with van der Waals surface area (Å²) in [6.07, 6.45) is 1.49. The van der Waals surface area contributed by atoms with Crippen LogP contribution in [-0.4, -0.2) is 17.4 Å². The Bertz CT molecular complexity index is 357. The molecule has 1 aromatic rings. The topological polar surface area (TPSA) is 33.2 Å². The van der Waals surface area contributed by atoms with Gasteiger partial charge in [0.15, 0.2) is 11.6 Å². The zero-order chi connectivity index (χ0) is 10.7. The van der Waals surface area contributed by atoms with Crippen LogP contribution in [0.3, 0.4) is 0 Å². The number of rotatable bonds is 2. The Kier molecular flexibility index (Phi) is 3.79. The average molecular weight is 308 g/mol. The van der Waals surface area contributed by atoms with Crippen molar-refractivity contribution in [2.24, 2.45) is 0 Å². The van der Waals surface area contributed by atoms with Crippen LogP contribution in [0.15, 0.2) is 12.3 Å². The maximum Gasteiger partial charge on any atom is 0.225 e. The van der Waals surface area contributed by atoms with Gasteiger partial charge in [0.25, 0.3) is 0 Å². The second-order valence-corrected chi connectivity index (χ2v) is 3.86. The summed E-state index contributed by atoms with van der Waals surface area (Å²) in [4.78, 5) is 16.3. The molecule has 0 N–H and O–H groups in total. The molecule has 0 radical (unpaired) electrons. The number of aromatic nitrogens is 1. The van der Waals surface area contributed by atoms with E-state index < -0.39 is 5.82 Å². The van der Waals surface area contributed by atoms with Crippen molar-refractivity contribution >= 4 is 34.3 Å². The first-order chi connectivity index (χ1) is 6.57. The SMILES string of the molecule is CCN(C(C)=O)c1nccc(I)c1F. The first kappa shape index (κ1) is 11.4. The van der Waals surface area contributed by atoms with Crippen molar-refractivity contribution in [3.05, 3.63) is 21.7 Å². The highest BCUT2D eigenvalue weighted by Gasteiger charge is 2.16. The molecule has 76 valence electrons. The van der Waals surface area contributed by atoms with E-state index in [1.807, 2.05) is 22.6 Å². The molecule has 1 heterocycles. The van der Waals surface area contributed by atoms with E-state index in [1.54, 1.807) is 13.0 Å². The van der Waals surface area contributed by atoms with Gasteiger partial charge in [0.1, 0.15) is 0 Å². The third-order valence-corrected chi connectivity index (χ3v) is 2.61. The number of carbonyl (C=O) groups excluding carboxylic acids is 1. The molecule has 14 heavy (non-hydrogen) atoms. The number of carbonyl (C=O) groups is 1. The molecule has 5 heteroatoms. The van der Waals surface area contributed by atoms with Crippen LogP contribution in [0.5, 0.6) is 0 Å². The van der Waals surface area contributed by atoms with Gasteiger partial charge in [-0.1, -0.05) is 0 Å². The number of hydrogen-bond acceptors (Lipinski definition) is 2. The highest BCUT2D eigenvalue weighted by atomic mass is 127. The largest absolute Gasteiger partial charge is 0.295 e. The van der Waals surface area contributed by atoms with E-state index in [9.17, 15) is 9.18 Å². The Morgan fingerprint density at radius 3 is 2.86 bits per heavy atom. The van der Waals surface area contributed by atoms with Gasteiger partial charge in [0, 0.05) is 19.7 Å². The molecule has 1 amide bonds. The van der Waals surface area contributed by atoms with Crippen molar-refractivity contribution in [2.45, 2.75) is 13.8 Å². The van der Waals surface area contributed by atoms with Crippen LogP contribution in [-0.2, 0) is 4.79 Å². The fraction of sp³-hybridized carbons (Fsp3) is 0.333. The lowest BCUT2D eigenvalue weighted by molar-refractivity contribution is -0.116. The maximum absolute atomic E-state index is 13.5. The van der Waals surface area contributed by atoms with Crippen molar-refractivity contribution < 1.29 is 9.18 Å². The summed E-state index contributed by atoms with van der Waals surface area (Å²) in [5.74, 6) is -0.544. The van der Waals surface area contributed by atoms with E-state index in [4.69, 9.17) is 0 Å². The number of nitrogens with zero attached hydrogens (tertiary/aromatic N) is 2. The van der Waals surface area contributed by atoms with E-state index in [0.717, 1.165) is 0 Å². The standard InChI is InChI=1S/C9H10FIN2O/c1-3-13(6(2)14)9-8(10)7(11)4-5-12-9/h4-5H,3H2,1-2H3. The van der Waals surface area contributed by atoms with Crippen LogP contribution in [0.2, 0.25) is 0 Å². The van der Waals surface area contributed by atoms with Crippen LogP contribution in [0, 0.1) is 9.39 Å². The third kappa shape index (κ3) is 2.20. The minimum atomic E-state index is -0.440. The lowest BCUT2D eigenvalue weighted by atomic mass is 10.4. The normalized spacial score (nSPS) is 10.0. The van der Waals surface area contributed by atoms with Crippen LogP contribution >= 0.6 is 22.6 Å². The molecule has 0 bridgehead atoms. The van der Waals surface area contributed by atoms with Crippen molar-refractivity contribution in [1.82, 2.24) is 4.98 Å². The number of amides is 1. The van der Waals surface area contributed by atoms with Crippen molar-refractivity contribution in [3.63, 3.8) is 0 Å². The fourth-order valence-corrected chi connectivity index (χ4v) is 1.52. The van der Waals surface area contributed by atoms with Crippen molar-refractivity contribution in [2.75, 3.05) is 11.4 Å². The molecule has 0 saturated heterocycles. The Balaban J connectivity index is 3.16. The minimum Gasteiger partial charge on any atom is -0.295 e. The van der Waals surface area contributed by atoms with Crippen LogP contribution in [0.1, 0.15) is 13.8 Å². The summed E-state index contributed by atoms with van der Waals surface area (Å²) in [6.45, 7) is 3.59. The summed E-state index contributed by atoms with van der Waals surface area (Å²) in [7, 11) is 0. The van der Waals surface area contributed by atoms with Gasteiger partial charge >= 0.3 is 0 Å². The summed E-state index contributed by atoms with van der Waals surface area (Å²) in [5.41, 5.74) is 0. The van der Waals surface area contributed by atoms with Gasteiger partial charge in [0.2, 0.25) is 5.91 Å². The Morgan fingerprint density at radius 2 is 2.36 bits per heavy atom. The molecule has 1 rings (SSSR count). The van der Waals surface area contributed by atoms with Gasteiger partial charge in [-0.25, -0.2) is 9.37 Å². The predicted octanol–water partition coefficient (Wildman–Crippen LogP) is 2.20. The van der Waals surface area contributed by atoms with Gasteiger partial charge in [-0.2, -0.15) is 0 Å². The van der Waals surface area contributed by atoms with Crippen LogP contribution < -0.4 is 4.90 Å². The van der Waals surface area contributed by atoms with E-state index in [1.165, 1.54) is 18.0 Å². The number of halogens is 2. The highest BCUT2D eigenvalue weighted by molar-refractivity contribution is 14.1. The molecular formula is C9H10FIN2O. The molecule has 0 aliphatic carbocycles. The zero-order valence-electron chi connectivity index (χ0n) is 7.92. The summed E-state index contributed by atoms with van der Waals surface area (Å²) >= 11 is 1.87. The third-order valence-electron chi connectivity index (χ3n) is 1.78. The molecule has 3 nitrogen and oxygen atoms in total. The highest BCUT2D eigenvalue weighted by Crippen LogP contribution is 2.20. The fourth-order valence-electron chi connectivity index (χ4n) is 1.12. The number of pyridine rings is 1. The number of hydrogen-bond donors (Lipinski definition) is 0. The average Bonchev–Trinajstić information content (AvgIpc) is 2.13. The van der Waals surface area contributed by atoms with Crippen molar-refractivity contribution in [1.29, 1.82) is 0 Å². The molecular weight excluding hydrogens is 298 g/mol. The van der Waals surface area contributed by atoms with Crippen molar-refractivity contribution in [3.8, 4) is 0 Å². The Hall–Kier alpha value is -0.720. The predicted molar refractivity (Wildman–Crippen MR) is 60.6 cm³/mol. The molecule has 0 aliphatic rings. The van der Waals surface area contributed by atoms with Gasteiger partial charge in [0.05, 0.1) is 3.57 Å². The molecule has 0 atom stereocenters. The maximum atomic E-state index is 13.5. The molecule has 0 spiro atoms. The minimum absolute atomic E-state index is 0.104. The molecule has 0 saturated carbocycles. The second kappa shape index (κ2) is 4.68. The van der Waals surface area contributed by atoms with E-state index in [-0.39, 0.29) is 11.7 Å². The van der Waals surface area contributed by atoms with Gasteiger partial charge in [-0.15, -0.1) is 0 Å². The second-order valence-electron chi connectivity index (χ2n) is 2.69. The summed E-state index contributed by atoms with van der Waals surface area (Å²) in [6, 6.07) is 1.56.